The summed E-state index contributed by atoms with van der Waals surface area (Å²) >= 11 is 7.38. The van der Waals surface area contributed by atoms with Crippen LogP contribution in [0, 0.1) is 5.92 Å². The predicted molar refractivity (Wildman–Crippen MR) is 105 cm³/mol. The Kier molecular flexibility index (Phi) is 5.14. The molecule has 7 heteroatoms. The fourth-order valence-corrected chi connectivity index (χ4v) is 4.42. The summed E-state index contributed by atoms with van der Waals surface area (Å²) < 4.78 is 4.51. The third kappa shape index (κ3) is 3.71. The number of halogens is 1. The van der Waals surface area contributed by atoms with E-state index in [0.29, 0.717) is 12.3 Å². The fourth-order valence-electron chi connectivity index (χ4n) is 3.58. The van der Waals surface area contributed by atoms with Crippen molar-refractivity contribution in [2.45, 2.75) is 38.6 Å². The topological polar surface area (TPSA) is 49.3 Å². The largest absolute Gasteiger partial charge is 0.343 e. The molecule has 2 aromatic rings. The van der Waals surface area contributed by atoms with Gasteiger partial charge in [-0.3, -0.25) is 4.79 Å². The molecule has 5 nitrogen and oxygen atoms in total. The Labute approximate surface area is 163 Å². The molecule has 1 amide bonds. The van der Waals surface area contributed by atoms with Gasteiger partial charge in [0, 0.05) is 54.6 Å². The number of amides is 1. The quantitative estimate of drug-likeness (QED) is 0.800. The number of piperazine rings is 1. The lowest BCUT2D eigenvalue weighted by Gasteiger charge is -2.42. The second kappa shape index (κ2) is 7.53. The molecule has 1 saturated heterocycles. The number of nitrogens with zero attached hydrogens (tertiary/aromatic N) is 4. The maximum absolute atomic E-state index is 12.5. The molecule has 0 spiro atoms. The molecule has 2 aliphatic rings. The van der Waals surface area contributed by atoms with E-state index in [9.17, 15) is 4.79 Å². The molecular formula is C19H23ClN4OS. The molecule has 0 bridgehead atoms. The van der Waals surface area contributed by atoms with Crippen LogP contribution in [0.1, 0.15) is 37.6 Å². The minimum atomic E-state index is 0.223. The molecule has 1 atom stereocenters. The number of hydrogen-bond donors (Lipinski definition) is 0. The van der Waals surface area contributed by atoms with E-state index in [4.69, 9.17) is 16.6 Å². The third-order valence-corrected chi connectivity index (χ3v) is 6.44. The average Bonchev–Trinajstić information content (AvgIpc) is 3.04. The van der Waals surface area contributed by atoms with Gasteiger partial charge in [-0.1, -0.05) is 30.2 Å². The molecule has 1 saturated carbocycles. The van der Waals surface area contributed by atoms with E-state index < -0.39 is 0 Å². The van der Waals surface area contributed by atoms with Crippen LogP contribution >= 0.6 is 23.1 Å². The highest BCUT2D eigenvalue weighted by molar-refractivity contribution is 7.09. The van der Waals surface area contributed by atoms with Gasteiger partial charge in [-0.2, -0.15) is 4.37 Å². The first-order valence-corrected chi connectivity index (χ1v) is 10.4. The zero-order chi connectivity index (χ0) is 18.1. The van der Waals surface area contributed by atoms with Crippen molar-refractivity contribution in [2.75, 3.05) is 24.5 Å². The Morgan fingerprint density at radius 1 is 1.27 bits per heavy atom. The molecule has 4 rings (SSSR count). The van der Waals surface area contributed by atoms with Crippen molar-refractivity contribution < 1.29 is 4.79 Å². The SMILES string of the molecule is CC1CN(c2nc(Cc3ccc(Cl)cc3)ns2)CCN1C(=O)C1CCC1. The highest BCUT2D eigenvalue weighted by Gasteiger charge is 2.35. The molecule has 0 N–H and O–H groups in total. The number of carbonyl (C=O) groups excluding carboxylic acids is 1. The maximum Gasteiger partial charge on any atom is 0.226 e. The highest BCUT2D eigenvalue weighted by Crippen LogP contribution is 2.30. The summed E-state index contributed by atoms with van der Waals surface area (Å²) in [6, 6.07) is 8.03. The van der Waals surface area contributed by atoms with Gasteiger partial charge in [0.05, 0.1) is 0 Å². The number of aromatic nitrogens is 2. The molecule has 26 heavy (non-hydrogen) atoms. The third-order valence-electron chi connectivity index (χ3n) is 5.37. The molecule has 1 aromatic heterocycles. The summed E-state index contributed by atoms with van der Waals surface area (Å²) in [5.74, 6) is 1.47. The van der Waals surface area contributed by atoms with Crippen molar-refractivity contribution >= 4 is 34.2 Å². The fraction of sp³-hybridized carbons (Fsp3) is 0.526. The molecule has 2 fully saturated rings. The smallest absolute Gasteiger partial charge is 0.226 e. The lowest BCUT2D eigenvalue weighted by atomic mass is 9.84. The van der Waals surface area contributed by atoms with Gasteiger partial charge >= 0.3 is 0 Å². The van der Waals surface area contributed by atoms with Crippen LogP contribution in [-0.2, 0) is 11.2 Å². The van der Waals surface area contributed by atoms with Crippen molar-refractivity contribution in [1.29, 1.82) is 0 Å². The highest BCUT2D eigenvalue weighted by atomic mass is 35.5. The Balaban J connectivity index is 1.37. The molecule has 1 unspecified atom stereocenters. The van der Waals surface area contributed by atoms with Crippen LogP contribution in [-0.4, -0.2) is 45.8 Å². The molecule has 1 aliphatic carbocycles. The molecule has 2 heterocycles. The lowest BCUT2D eigenvalue weighted by molar-refractivity contribution is -0.140. The van der Waals surface area contributed by atoms with E-state index in [0.717, 1.165) is 54.0 Å². The number of rotatable bonds is 4. The summed E-state index contributed by atoms with van der Waals surface area (Å²) in [6.45, 7) is 4.58. The van der Waals surface area contributed by atoms with E-state index in [1.54, 1.807) is 0 Å². The number of benzene rings is 1. The Hall–Kier alpha value is -1.66. The monoisotopic (exact) mass is 390 g/mol. The maximum atomic E-state index is 12.5. The molecule has 0 radical (unpaired) electrons. The number of anilines is 1. The van der Waals surface area contributed by atoms with Gasteiger partial charge in [0.2, 0.25) is 11.0 Å². The van der Waals surface area contributed by atoms with E-state index >= 15 is 0 Å². The van der Waals surface area contributed by atoms with Gasteiger partial charge in [-0.25, -0.2) is 4.98 Å². The molecule has 1 aliphatic heterocycles. The van der Waals surface area contributed by atoms with Crippen molar-refractivity contribution in [3.63, 3.8) is 0 Å². The normalized spacial score (nSPS) is 20.9. The first-order valence-electron chi connectivity index (χ1n) is 9.22. The van der Waals surface area contributed by atoms with Gasteiger partial charge < -0.3 is 9.80 Å². The van der Waals surface area contributed by atoms with Gasteiger partial charge in [0.1, 0.15) is 5.82 Å². The first-order chi connectivity index (χ1) is 12.6. The number of hydrogen-bond acceptors (Lipinski definition) is 5. The Bertz CT molecular complexity index is 774. The van der Waals surface area contributed by atoms with Gasteiger partial charge in [0.25, 0.3) is 0 Å². The first kappa shape index (κ1) is 17.7. The van der Waals surface area contributed by atoms with Crippen molar-refractivity contribution in [3.05, 3.63) is 40.7 Å². The molecule has 1 aromatic carbocycles. The van der Waals surface area contributed by atoms with Crippen LogP contribution in [0.4, 0.5) is 5.13 Å². The van der Waals surface area contributed by atoms with Crippen LogP contribution in [0.5, 0.6) is 0 Å². The van der Waals surface area contributed by atoms with Gasteiger partial charge in [-0.05, 0) is 37.5 Å². The second-order valence-corrected chi connectivity index (χ2v) is 8.42. The summed E-state index contributed by atoms with van der Waals surface area (Å²) in [5, 5.41) is 1.69. The summed E-state index contributed by atoms with van der Waals surface area (Å²) in [5.41, 5.74) is 1.16. The van der Waals surface area contributed by atoms with Gasteiger partial charge in [-0.15, -0.1) is 0 Å². The van der Waals surface area contributed by atoms with Gasteiger partial charge in [0.15, 0.2) is 0 Å². The standard InChI is InChI=1S/C19H23ClN4OS/c1-13-12-23(9-10-24(13)18(25)15-3-2-4-15)19-21-17(22-26-19)11-14-5-7-16(20)8-6-14/h5-8,13,15H,2-4,9-12H2,1H3. The van der Waals surface area contributed by atoms with Crippen molar-refractivity contribution in [3.8, 4) is 0 Å². The van der Waals surface area contributed by atoms with E-state index in [-0.39, 0.29) is 12.0 Å². The molecular weight excluding hydrogens is 368 g/mol. The van der Waals surface area contributed by atoms with Crippen LogP contribution in [0.3, 0.4) is 0 Å². The minimum absolute atomic E-state index is 0.223. The Morgan fingerprint density at radius 2 is 2.04 bits per heavy atom. The van der Waals surface area contributed by atoms with E-state index in [1.165, 1.54) is 18.0 Å². The van der Waals surface area contributed by atoms with Crippen LogP contribution in [0.15, 0.2) is 24.3 Å². The molecule has 138 valence electrons. The predicted octanol–water partition coefficient (Wildman–Crippen LogP) is 3.62. The zero-order valence-corrected chi connectivity index (χ0v) is 16.5. The summed E-state index contributed by atoms with van der Waals surface area (Å²) in [4.78, 5) is 21.6. The van der Waals surface area contributed by atoms with Crippen LogP contribution in [0.25, 0.3) is 0 Å². The summed E-state index contributed by atoms with van der Waals surface area (Å²) in [6.07, 6.45) is 4.04. The number of carbonyl (C=O) groups is 1. The average molecular weight is 391 g/mol. The zero-order valence-electron chi connectivity index (χ0n) is 14.9. The van der Waals surface area contributed by atoms with Crippen LogP contribution in [0.2, 0.25) is 5.02 Å². The van der Waals surface area contributed by atoms with E-state index in [2.05, 4.69) is 21.1 Å². The summed E-state index contributed by atoms with van der Waals surface area (Å²) in [7, 11) is 0. The van der Waals surface area contributed by atoms with E-state index in [1.807, 2.05) is 24.3 Å². The minimum Gasteiger partial charge on any atom is -0.343 e. The van der Waals surface area contributed by atoms with Crippen molar-refractivity contribution in [2.24, 2.45) is 5.92 Å². The van der Waals surface area contributed by atoms with Crippen LogP contribution < -0.4 is 4.90 Å². The Morgan fingerprint density at radius 3 is 2.69 bits per heavy atom. The van der Waals surface area contributed by atoms with Crippen molar-refractivity contribution in [1.82, 2.24) is 14.3 Å². The second-order valence-electron chi connectivity index (χ2n) is 7.25. The lowest BCUT2D eigenvalue weighted by Crippen LogP contribution is -2.56.